The molecule has 0 bridgehead atoms. The Morgan fingerprint density at radius 3 is 2.77 bits per heavy atom. The molecule has 0 spiro atoms. The molecule has 0 aliphatic heterocycles. The minimum atomic E-state index is -4.42. The minimum absolute atomic E-state index is 0.00801. The highest BCUT2D eigenvalue weighted by Gasteiger charge is 2.30. The normalized spacial score (nSPS) is 12.0. The molecular formula is C14H9F3N2OS2. The fourth-order valence-corrected chi connectivity index (χ4v) is 3.20. The van der Waals surface area contributed by atoms with Crippen molar-refractivity contribution >= 4 is 33.8 Å². The summed E-state index contributed by atoms with van der Waals surface area (Å²) in [5.74, 6) is 0. The van der Waals surface area contributed by atoms with E-state index >= 15 is 0 Å². The Balaban J connectivity index is 2.07. The van der Waals surface area contributed by atoms with Gasteiger partial charge in [-0.2, -0.15) is 13.2 Å². The van der Waals surface area contributed by atoms with Crippen molar-refractivity contribution in [3.8, 4) is 0 Å². The lowest BCUT2D eigenvalue weighted by atomic mass is 10.1. The van der Waals surface area contributed by atoms with Crippen molar-refractivity contribution in [3.05, 3.63) is 62.0 Å². The zero-order valence-electron chi connectivity index (χ0n) is 11.0. The first-order valence-electron chi connectivity index (χ1n) is 6.23. The van der Waals surface area contributed by atoms with Gasteiger partial charge in [-0.05, 0) is 41.4 Å². The summed E-state index contributed by atoms with van der Waals surface area (Å²) in [6.45, 7) is -0.00801. The molecule has 2 heterocycles. The summed E-state index contributed by atoms with van der Waals surface area (Å²) in [6, 6.07) is 6.62. The summed E-state index contributed by atoms with van der Waals surface area (Å²) in [7, 11) is 0. The first-order chi connectivity index (χ1) is 10.4. The second-order valence-corrected chi connectivity index (χ2v) is 5.99. The summed E-state index contributed by atoms with van der Waals surface area (Å²) in [5, 5.41) is 1.76. The molecule has 0 amide bonds. The van der Waals surface area contributed by atoms with Crippen LogP contribution in [0.5, 0.6) is 0 Å². The van der Waals surface area contributed by atoms with Gasteiger partial charge < -0.3 is 4.98 Å². The van der Waals surface area contributed by atoms with Gasteiger partial charge in [-0.1, -0.05) is 12.1 Å². The van der Waals surface area contributed by atoms with E-state index in [9.17, 15) is 18.0 Å². The molecule has 0 radical (unpaired) electrons. The average molecular weight is 342 g/mol. The van der Waals surface area contributed by atoms with Crippen molar-refractivity contribution in [3.63, 3.8) is 0 Å². The third-order valence-corrected chi connectivity index (χ3v) is 4.41. The maximum Gasteiger partial charge on any atom is 0.416 e. The molecule has 1 N–H and O–H groups in total. The monoisotopic (exact) mass is 342 g/mol. The van der Waals surface area contributed by atoms with Gasteiger partial charge in [0.1, 0.15) is 4.70 Å². The van der Waals surface area contributed by atoms with Gasteiger partial charge in [0.25, 0.3) is 5.56 Å². The number of rotatable bonds is 2. The fourth-order valence-electron chi connectivity index (χ4n) is 2.14. The molecule has 0 aliphatic rings. The van der Waals surface area contributed by atoms with Crippen LogP contribution in [0.15, 0.2) is 40.5 Å². The predicted octanol–water partition coefficient (Wildman–Crippen LogP) is 4.19. The SMILES string of the molecule is O=c1c2sccc2[nH]c(=S)n1Cc1cccc(C(F)(F)F)c1. The molecule has 0 atom stereocenters. The molecule has 8 heteroatoms. The third kappa shape index (κ3) is 2.71. The van der Waals surface area contributed by atoms with E-state index < -0.39 is 11.7 Å². The highest BCUT2D eigenvalue weighted by atomic mass is 32.1. The quantitative estimate of drug-likeness (QED) is 0.709. The number of benzene rings is 1. The summed E-state index contributed by atoms with van der Waals surface area (Å²) in [4.78, 5) is 15.3. The number of thiophene rings is 1. The molecule has 3 nitrogen and oxygen atoms in total. The Kier molecular flexibility index (Phi) is 3.65. The van der Waals surface area contributed by atoms with Crippen LogP contribution in [-0.2, 0) is 12.7 Å². The van der Waals surface area contributed by atoms with Gasteiger partial charge in [0.2, 0.25) is 0 Å². The molecule has 2 aromatic heterocycles. The number of aromatic nitrogens is 2. The number of fused-ring (bicyclic) bond motifs is 1. The van der Waals surface area contributed by atoms with Gasteiger partial charge in [0, 0.05) is 0 Å². The van der Waals surface area contributed by atoms with Crippen molar-refractivity contribution < 1.29 is 13.2 Å². The van der Waals surface area contributed by atoms with Crippen LogP contribution in [0.3, 0.4) is 0 Å². The van der Waals surface area contributed by atoms with Crippen LogP contribution in [-0.4, -0.2) is 9.55 Å². The smallest absolute Gasteiger partial charge is 0.331 e. The van der Waals surface area contributed by atoms with E-state index in [1.54, 1.807) is 11.4 Å². The molecule has 0 saturated carbocycles. The van der Waals surface area contributed by atoms with E-state index in [-0.39, 0.29) is 16.9 Å². The molecule has 0 fully saturated rings. The van der Waals surface area contributed by atoms with E-state index in [0.29, 0.717) is 15.8 Å². The van der Waals surface area contributed by atoms with Gasteiger partial charge in [-0.3, -0.25) is 9.36 Å². The van der Waals surface area contributed by atoms with Crippen LogP contribution in [0.2, 0.25) is 0 Å². The zero-order chi connectivity index (χ0) is 15.9. The summed E-state index contributed by atoms with van der Waals surface area (Å²) < 4.78 is 40.2. The van der Waals surface area contributed by atoms with Crippen LogP contribution in [0, 0.1) is 4.77 Å². The maximum atomic E-state index is 12.7. The summed E-state index contributed by atoms with van der Waals surface area (Å²) in [6.07, 6.45) is -4.42. The summed E-state index contributed by atoms with van der Waals surface area (Å²) >= 11 is 6.39. The summed E-state index contributed by atoms with van der Waals surface area (Å²) in [5.41, 5.74) is -0.0380. The number of halogens is 3. The van der Waals surface area contributed by atoms with E-state index in [4.69, 9.17) is 12.2 Å². The van der Waals surface area contributed by atoms with Gasteiger partial charge in [0.15, 0.2) is 4.77 Å². The van der Waals surface area contributed by atoms with E-state index in [0.717, 1.165) is 12.1 Å². The highest BCUT2D eigenvalue weighted by molar-refractivity contribution is 7.71. The highest BCUT2D eigenvalue weighted by Crippen LogP contribution is 2.29. The second kappa shape index (κ2) is 5.36. The molecular weight excluding hydrogens is 333 g/mol. The lowest BCUT2D eigenvalue weighted by Crippen LogP contribution is -2.22. The number of H-pyrrole nitrogens is 1. The number of hydrogen-bond donors (Lipinski definition) is 1. The van der Waals surface area contributed by atoms with Crippen LogP contribution in [0.4, 0.5) is 13.2 Å². The molecule has 114 valence electrons. The molecule has 0 unspecified atom stereocenters. The Morgan fingerprint density at radius 1 is 1.27 bits per heavy atom. The number of aromatic amines is 1. The number of hydrogen-bond acceptors (Lipinski definition) is 3. The molecule has 3 rings (SSSR count). The van der Waals surface area contributed by atoms with Crippen molar-refractivity contribution in [1.82, 2.24) is 9.55 Å². The van der Waals surface area contributed by atoms with Crippen LogP contribution in [0.25, 0.3) is 10.2 Å². The van der Waals surface area contributed by atoms with Crippen molar-refractivity contribution in [1.29, 1.82) is 0 Å². The topological polar surface area (TPSA) is 37.8 Å². The fraction of sp³-hybridized carbons (Fsp3) is 0.143. The number of alkyl halides is 3. The maximum absolute atomic E-state index is 12.7. The largest absolute Gasteiger partial charge is 0.416 e. The first kappa shape index (κ1) is 15.0. The minimum Gasteiger partial charge on any atom is -0.331 e. The Hall–Kier alpha value is -1.93. The standard InChI is InChI=1S/C14H9F3N2OS2/c15-14(16,17)9-3-1-2-8(6-9)7-19-12(20)11-10(4-5-22-11)18-13(19)21/h1-6H,7H2,(H,18,21). The van der Waals surface area contributed by atoms with Gasteiger partial charge in [-0.15, -0.1) is 11.3 Å². The molecule has 0 saturated heterocycles. The predicted molar refractivity (Wildman–Crippen MR) is 81.8 cm³/mol. The number of nitrogens with one attached hydrogen (secondary N) is 1. The van der Waals surface area contributed by atoms with Gasteiger partial charge in [0.05, 0.1) is 17.6 Å². The van der Waals surface area contributed by atoms with E-state index in [2.05, 4.69) is 4.98 Å². The first-order valence-corrected chi connectivity index (χ1v) is 7.51. The van der Waals surface area contributed by atoms with Crippen LogP contribution < -0.4 is 5.56 Å². The molecule has 0 aliphatic carbocycles. The van der Waals surface area contributed by atoms with Crippen molar-refractivity contribution in [2.45, 2.75) is 12.7 Å². The molecule has 3 aromatic rings. The van der Waals surface area contributed by atoms with E-state index in [1.165, 1.54) is 28.0 Å². The second-order valence-electron chi connectivity index (χ2n) is 4.68. The lowest BCUT2D eigenvalue weighted by Gasteiger charge is -2.10. The van der Waals surface area contributed by atoms with Gasteiger partial charge >= 0.3 is 6.18 Å². The molecule has 1 aromatic carbocycles. The zero-order valence-corrected chi connectivity index (χ0v) is 12.6. The van der Waals surface area contributed by atoms with Crippen LogP contribution >= 0.6 is 23.6 Å². The molecule has 22 heavy (non-hydrogen) atoms. The van der Waals surface area contributed by atoms with E-state index in [1.807, 2.05) is 0 Å². The average Bonchev–Trinajstić information content (AvgIpc) is 2.91. The van der Waals surface area contributed by atoms with Crippen molar-refractivity contribution in [2.24, 2.45) is 0 Å². The van der Waals surface area contributed by atoms with Crippen LogP contribution in [0.1, 0.15) is 11.1 Å². The number of nitrogens with zero attached hydrogens (tertiary/aromatic N) is 1. The van der Waals surface area contributed by atoms with Crippen molar-refractivity contribution in [2.75, 3.05) is 0 Å². The third-order valence-electron chi connectivity index (χ3n) is 3.19. The lowest BCUT2D eigenvalue weighted by molar-refractivity contribution is -0.137. The van der Waals surface area contributed by atoms with Gasteiger partial charge in [-0.25, -0.2) is 0 Å². The Bertz CT molecular complexity index is 953. The Labute approximate surface area is 131 Å². The Morgan fingerprint density at radius 2 is 2.05 bits per heavy atom.